The molecular formula is C13H26N2O. The zero-order valence-electron chi connectivity index (χ0n) is 10.5. The van der Waals surface area contributed by atoms with Crippen LogP contribution in [0.2, 0.25) is 0 Å². The second-order valence-corrected chi connectivity index (χ2v) is 5.58. The molecule has 3 nitrogen and oxygen atoms in total. The van der Waals surface area contributed by atoms with Crippen LogP contribution in [0.5, 0.6) is 0 Å². The van der Waals surface area contributed by atoms with Gasteiger partial charge in [0.2, 0.25) is 0 Å². The van der Waals surface area contributed by atoms with E-state index in [4.69, 9.17) is 10.5 Å². The Bertz CT molecular complexity index is 204. The first-order valence-electron chi connectivity index (χ1n) is 6.79. The van der Waals surface area contributed by atoms with Crippen molar-refractivity contribution in [2.24, 2.45) is 11.7 Å². The largest absolute Gasteiger partial charge is 0.381 e. The van der Waals surface area contributed by atoms with E-state index in [0.29, 0.717) is 6.04 Å². The first kappa shape index (κ1) is 12.3. The third-order valence-electron chi connectivity index (χ3n) is 4.18. The number of rotatable bonds is 3. The van der Waals surface area contributed by atoms with Crippen LogP contribution in [-0.4, -0.2) is 43.8 Å². The first-order chi connectivity index (χ1) is 7.75. The van der Waals surface area contributed by atoms with Gasteiger partial charge in [-0.2, -0.15) is 0 Å². The van der Waals surface area contributed by atoms with E-state index in [1.807, 2.05) is 0 Å². The summed E-state index contributed by atoms with van der Waals surface area (Å²) in [5, 5.41) is 0. The van der Waals surface area contributed by atoms with E-state index in [9.17, 15) is 0 Å². The van der Waals surface area contributed by atoms with Crippen LogP contribution in [0.3, 0.4) is 0 Å². The quantitative estimate of drug-likeness (QED) is 0.794. The highest BCUT2D eigenvalue weighted by Crippen LogP contribution is 2.25. The van der Waals surface area contributed by atoms with E-state index < -0.39 is 0 Å². The predicted octanol–water partition coefficient (Wildman–Crippen LogP) is 1.61. The number of nitrogens with two attached hydrogens (primary N) is 1. The smallest absolute Gasteiger partial charge is 0.0480 e. The molecule has 16 heavy (non-hydrogen) atoms. The van der Waals surface area contributed by atoms with Gasteiger partial charge in [-0.15, -0.1) is 0 Å². The Morgan fingerprint density at radius 1 is 1.19 bits per heavy atom. The molecule has 0 spiro atoms. The van der Waals surface area contributed by atoms with Gasteiger partial charge in [-0.1, -0.05) is 6.42 Å². The van der Waals surface area contributed by atoms with Crippen LogP contribution in [0.1, 0.15) is 38.5 Å². The Kier molecular flexibility index (Phi) is 4.62. The van der Waals surface area contributed by atoms with Crippen molar-refractivity contribution in [3.63, 3.8) is 0 Å². The van der Waals surface area contributed by atoms with Crippen LogP contribution >= 0.6 is 0 Å². The summed E-state index contributed by atoms with van der Waals surface area (Å²) in [6.07, 6.45) is 7.57. The third kappa shape index (κ3) is 3.44. The van der Waals surface area contributed by atoms with E-state index >= 15 is 0 Å². The van der Waals surface area contributed by atoms with Gasteiger partial charge in [0.05, 0.1) is 0 Å². The first-order valence-corrected chi connectivity index (χ1v) is 6.79. The second kappa shape index (κ2) is 5.99. The van der Waals surface area contributed by atoms with Gasteiger partial charge in [-0.05, 0) is 45.1 Å². The molecule has 2 atom stereocenters. The van der Waals surface area contributed by atoms with Crippen molar-refractivity contribution in [1.29, 1.82) is 0 Å². The number of ether oxygens (including phenoxy) is 1. The molecule has 3 heteroatoms. The van der Waals surface area contributed by atoms with Gasteiger partial charge >= 0.3 is 0 Å². The monoisotopic (exact) mass is 226 g/mol. The molecule has 0 bridgehead atoms. The van der Waals surface area contributed by atoms with Crippen molar-refractivity contribution in [3.8, 4) is 0 Å². The molecule has 2 rings (SSSR count). The molecule has 1 saturated carbocycles. The summed E-state index contributed by atoms with van der Waals surface area (Å²) in [7, 11) is 2.27. The van der Waals surface area contributed by atoms with E-state index in [1.165, 1.54) is 45.1 Å². The maximum atomic E-state index is 6.04. The highest BCUT2D eigenvalue weighted by Gasteiger charge is 2.24. The SMILES string of the molecule is CN(CC1CCCC(N)C1)C1CCOCC1. The normalized spacial score (nSPS) is 33.2. The molecule has 2 N–H and O–H groups in total. The summed E-state index contributed by atoms with van der Waals surface area (Å²) in [5.41, 5.74) is 6.04. The van der Waals surface area contributed by atoms with Crippen molar-refractivity contribution >= 4 is 0 Å². The Balaban J connectivity index is 1.74. The molecule has 1 aliphatic heterocycles. The van der Waals surface area contributed by atoms with Crippen LogP contribution in [0.25, 0.3) is 0 Å². The van der Waals surface area contributed by atoms with Crippen molar-refractivity contribution < 1.29 is 4.74 Å². The lowest BCUT2D eigenvalue weighted by Gasteiger charge is -2.36. The second-order valence-electron chi connectivity index (χ2n) is 5.58. The fourth-order valence-electron chi connectivity index (χ4n) is 3.18. The van der Waals surface area contributed by atoms with Crippen molar-refractivity contribution in [1.82, 2.24) is 4.90 Å². The minimum atomic E-state index is 0.460. The standard InChI is InChI=1S/C13H26N2O/c1-15(13-5-7-16-8-6-13)10-11-3-2-4-12(14)9-11/h11-13H,2-10,14H2,1H3. The van der Waals surface area contributed by atoms with Gasteiger partial charge < -0.3 is 15.4 Å². The van der Waals surface area contributed by atoms with Crippen molar-refractivity contribution in [2.45, 2.75) is 50.6 Å². The maximum absolute atomic E-state index is 6.04. The molecule has 1 heterocycles. The third-order valence-corrected chi connectivity index (χ3v) is 4.18. The van der Waals surface area contributed by atoms with Crippen LogP contribution in [0.4, 0.5) is 0 Å². The zero-order chi connectivity index (χ0) is 11.4. The van der Waals surface area contributed by atoms with Gasteiger partial charge in [0.25, 0.3) is 0 Å². The molecule has 0 amide bonds. The summed E-state index contributed by atoms with van der Waals surface area (Å²) in [6.45, 7) is 3.12. The molecular weight excluding hydrogens is 200 g/mol. The molecule has 2 fully saturated rings. The Hall–Kier alpha value is -0.120. The fraction of sp³-hybridized carbons (Fsp3) is 1.00. The van der Waals surface area contributed by atoms with Gasteiger partial charge in [0.1, 0.15) is 0 Å². The molecule has 94 valence electrons. The molecule has 0 radical (unpaired) electrons. The number of hydrogen-bond donors (Lipinski definition) is 1. The lowest BCUT2D eigenvalue weighted by atomic mass is 9.85. The van der Waals surface area contributed by atoms with Gasteiger partial charge in [-0.25, -0.2) is 0 Å². The minimum absolute atomic E-state index is 0.460. The van der Waals surface area contributed by atoms with Crippen LogP contribution in [-0.2, 0) is 4.74 Å². The van der Waals surface area contributed by atoms with E-state index in [1.54, 1.807) is 0 Å². The summed E-state index contributed by atoms with van der Waals surface area (Å²) in [4.78, 5) is 2.55. The Morgan fingerprint density at radius 3 is 2.62 bits per heavy atom. The van der Waals surface area contributed by atoms with Crippen LogP contribution < -0.4 is 5.73 Å². The van der Waals surface area contributed by atoms with E-state index in [0.717, 1.165) is 25.2 Å². The molecule has 2 aliphatic rings. The molecule has 0 aromatic rings. The van der Waals surface area contributed by atoms with Gasteiger partial charge in [0, 0.05) is 31.8 Å². The number of hydrogen-bond acceptors (Lipinski definition) is 3. The lowest BCUT2D eigenvalue weighted by molar-refractivity contribution is 0.0357. The highest BCUT2D eigenvalue weighted by atomic mass is 16.5. The van der Waals surface area contributed by atoms with Crippen LogP contribution in [0, 0.1) is 5.92 Å². The van der Waals surface area contributed by atoms with Crippen molar-refractivity contribution in [2.75, 3.05) is 26.8 Å². The van der Waals surface area contributed by atoms with Gasteiger partial charge in [-0.3, -0.25) is 0 Å². The summed E-state index contributed by atoms with van der Waals surface area (Å²) in [5.74, 6) is 0.830. The minimum Gasteiger partial charge on any atom is -0.381 e. The molecule has 1 aliphatic carbocycles. The Morgan fingerprint density at radius 2 is 1.94 bits per heavy atom. The Labute approximate surface area is 99.3 Å². The number of nitrogens with zero attached hydrogens (tertiary/aromatic N) is 1. The molecule has 1 saturated heterocycles. The average molecular weight is 226 g/mol. The topological polar surface area (TPSA) is 38.5 Å². The van der Waals surface area contributed by atoms with E-state index in [-0.39, 0.29) is 0 Å². The predicted molar refractivity (Wildman–Crippen MR) is 66.4 cm³/mol. The van der Waals surface area contributed by atoms with Gasteiger partial charge in [0.15, 0.2) is 0 Å². The summed E-state index contributed by atoms with van der Waals surface area (Å²) in [6, 6.07) is 1.20. The molecule has 0 aromatic carbocycles. The van der Waals surface area contributed by atoms with Crippen molar-refractivity contribution in [3.05, 3.63) is 0 Å². The van der Waals surface area contributed by atoms with E-state index in [2.05, 4.69) is 11.9 Å². The highest BCUT2D eigenvalue weighted by molar-refractivity contribution is 4.80. The molecule has 0 aromatic heterocycles. The average Bonchev–Trinajstić information content (AvgIpc) is 2.30. The lowest BCUT2D eigenvalue weighted by Crippen LogP contribution is -2.41. The maximum Gasteiger partial charge on any atom is 0.0480 e. The summed E-state index contributed by atoms with van der Waals surface area (Å²) < 4.78 is 5.41. The van der Waals surface area contributed by atoms with Crippen LogP contribution in [0.15, 0.2) is 0 Å². The zero-order valence-corrected chi connectivity index (χ0v) is 10.5. The fourth-order valence-corrected chi connectivity index (χ4v) is 3.18. The summed E-state index contributed by atoms with van der Waals surface area (Å²) >= 11 is 0. The molecule has 2 unspecified atom stereocenters.